The summed E-state index contributed by atoms with van der Waals surface area (Å²) in [6.07, 6.45) is 0. The highest BCUT2D eigenvalue weighted by molar-refractivity contribution is 6.06. The van der Waals surface area contributed by atoms with Gasteiger partial charge in [0.15, 0.2) is 11.5 Å². The molecule has 1 amide bonds. The lowest BCUT2D eigenvalue weighted by Gasteiger charge is -2.08. The van der Waals surface area contributed by atoms with Crippen molar-refractivity contribution in [2.45, 2.75) is 6.92 Å². The minimum absolute atomic E-state index is 0.206. The van der Waals surface area contributed by atoms with Gasteiger partial charge in [0.1, 0.15) is 11.4 Å². The van der Waals surface area contributed by atoms with Gasteiger partial charge in [-0.1, -0.05) is 6.07 Å². The van der Waals surface area contributed by atoms with Crippen molar-refractivity contribution >= 4 is 11.6 Å². The van der Waals surface area contributed by atoms with Gasteiger partial charge in [0.25, 0.3) is 5.91 Å². The summed E-state index contributed by atoms with van der Waals surface area (Å²) < 4.78 is 15.9. The molecule has 132 valence electrons. The predicted molar refractivity (Wildman–Crippen MR) is 95.8 cm³/mol. The number of amides is 1. The molecular formula is C19H17N3O4. The van der Waals surface area contributed by atoms with Crippen LogP contribution in [0.5, 0.6) is 17.2 Å². The number of nitrogens with one attached hydrogen (secondary N) is 2. The topological polar surface area (TPSA) is 85.5 Å². The highest BCUT2D eigenvalue weighted by atomic mass is 16.7. The average molecular weight is 351 g/mol. The maximum absolute atomic E-state index is 12.7. The van der Waals surface area contributed by atoms with Crippen molar-refractivity contribution in [3.8, 4) is 28.5 Å². The molecule has 4 rings (SSSR count). The lowest BCUT2D eigenvalue weighted by atomic mass is 10.1. The number of anilines is 1. The molecule has 7 heteroatoms. The van der Waals surface area contributed by atoms with Crippen molar-refractivity contribution in [1.82, 2.24) is 10.2 Å². The Morgan fingerprint density at radius 3 is 2.88 bits per heavy atom. The fourth-order valence-corrected chi connectivity index (χ4v) is 2.78. The van der Waals surface area contributed by atoms with Crippen LogP contribution in [0.15, 0.2) is 42.5 Å². The number of carbonyl (C=O) groups excluding carboxylic acids is 1. The number of nitrogens with zero attached hydrogens (tertiary/aromatic N) is 1. The third-order valence-electron chi connectivity index (χ3n) is 4.16. The van der Waals surface area contributed by atoms with Crippen molar-refractivity contribution in [2.75, 3.05) is 19.2 Å². The van der Waals surface area contributed by atoms with Gasteiger partial charge in [0, 0.05) is 11.1 Å². The minimum atomic E-state index is -0.240. The first-order chi connectivity index (χ1) is 12.7. The van der Waals surface area contributed by atoms with E-state index in [2.05, 4.69) is 15.5 Å². The van der Waals surface area contributed by atoms with E-state index in [1.54, 1.807) is 31.4 Å². The number of rotatable bonds is 4. The Hall–Kier alpha value is -3.48. The Morgan fingerprint density at radius 1 is 1.19 bits per heavy atom. The van der Waals surface area contributed by atoms with E-state index in [1.807, 2.05) is 25.1 Å². The second-order valence-electron chi connectivity index (χ2n) is 5.83. The maximum Gasteiger partial charge on any atom is 0.255 e. The van der Waals surface area contributed by atoms with E-state index in [0.717, 1.165) is 11.3 Å². The summed E-state index contributed by atoms with van der Waals surface area (Å²) in [5.74, 6) is 1.74. The molecule has 0 fully saturated rings. The van der Waals surface area contributed by atoms with Crippen LogP contribution >= 0.6 is 0 Å². The van der Waals surface area contributed by atoms with Gasteiger partial charge in [0.05, 0.1) is 18.5 Å². The number of carbonyl (C=O) groups is 1. The number of hydrogen-bond donors (Lipinski definition) is 2. The summed E-state index contributed by atoms with van der Waals surface area (Å²) in [7, 11) is 1.56. The molecule has 0 spiro atoms. The number of hydrogen-bond acceptors (Lipinski definition) is 5. The molecule has 0 bridgehead atoms. The van der Waals surface area contributed by atoms with Gasteiger partial charge in [-0.3, -0.25) is 9.89 Å². The number of ether oxygens (including phenoxy) is 3. The number of fused-ring (bicyclic) bond motifs is 1. The van der Waals surface area contributed by atoms with E-state index in [9.17, 15) is 4.79 Å². The third kappa shape index (κ3) is 2.83. The summed E-state index contributed by atoms with van der Waals surface area (Å²) >= 11 is 0. The Balaban J connectivity index is 1.65. The molecule has 0 saturated heterocycles. The first-order valence-corrected chi connectivity index (χ1v) is 8.06. The van der Waals surface area contributed by atoms with Gasteiger partial charge >= 0.3 is 0 Å². The van der Waals surface area contributed by atoms with Crippen LogP contribution in [-0.4, -0.2) is 30.0 Å². The van der Waals surface area contributed by atoms with Crippen LogP contribution in [0.25, 0.3) is 11.3 Å². The van der Waals surface area contributed by atoms with Gasteiger partial charge in [-0.25, -0.2) is 0 Å². The van der Waals surface area contributed by atoms with Crippen molar-refractivity contribution in [3.05, 3.63) is 53.7 Å². The Bertz CT molecular complexity index is 981. The molecule has 7 nitrogen and oxygen atoms in total. The zero-order valence-electron chi connectivity index (χ0n) is 14.3. The molecule has 0 aliphatic carbocycles. The van der Waals surface area contributed by atoms with Crippen LogP contribution < -0.4 is 19.5 Å². The third-order valence-corrected chi connectivity index (χ3v) is 4.16. The first kappa shape index (κ1) is 16.0. The number of aromatic nitrogens is 2. The molecule has 2 aromatic carbocycles. The van der Waals surface area contributed by atoms with Crippen LogP contribution in [-0.2, 0) is 0 Å². The van der Waals surface area contributed by atoms with Gasteiger partial charge in [-0.15, -0.1) is 0 Å². The molecule has 1 aliphatic rings. The molecule has 0 radical (unpaired) electrons. The van der Waals surface area contributed by atoms with Crippen LogP contribution in [0.1, 0.15) is 16.1 Å². The van der Waals surface area contributed by atoms with E-state index in [0.29, 0.717) is 34.2 Å². The van der Waals surface area contributed by atoms with Crippen LogP contribution in [0.2, 0.25) is 0 Å². The van der Waals surface area contributed by atoms with Crippen molar-refractivity contribution in [2.24, 2.45) is 0 Å². The number of H-pyrrole nitrogens is 1. The van der Waals surface area contributed by atoms with Crippen LogP contribution in [0.3, 0.4) is 0 Å². The minimum Gasteiger partial charge on any atom is -0.497 e. The van der Waals surface area contributed by atoms with E-state index < -0.39 is 0 Å². The number of aryl methyl sites for hydroxylation is 1. The number of methoxy groups -OCH3 is 1. The Labute approximate surface area is 149 Å². The maximum atomic E-state index is 12.7. The van der Waals surface area contributed by atoms with Gasteiger partial charge in [-0.2, -0.15) is 5.10 Å². The molecular weight excluding hydrogens is 334 g/mol. The van der Waals surface area contributed by atoms with Gasteiger partial charge in [-0.05, 0) is 43.3 Å². The van der Waals surface area contributed by atoms with E-state index >= 15 is 0 Å². The predicted octanol–water partition coefficient (Wildman–Crippen LogP) is 3.37. The van der Waals surface area contributed by atoms with Crippen molar-refractivity contribution in [3.63, 3.8) is 0 Å². The second-order valence-corrected chi connectivity index (χ2v) is 5.83. The monoisotopic (exact) mass is 351 g/mol. The largest absolute Gasteiger partial charge is 0.497 e. The molecule has 1 aromatic heterocycles. The molecule has 0 atom stereocenters. The number of aromatic amines is 1. The standard InChI is InChI=1S/C19H17N3O4/c1-11-17(20-19(23)13-4-3-5-14(8-13)24-2)18(22-21-11)12-6-7-15-16(9-12)26-10-25-15/h3-9H,10H2,1-2H3,(H,20,23)(H,21,22). The molecule has 26 heavy (non-hydrogen) atoms. The summed E-state index contributed by atoms with van der Waals surface area (Å²) in [6.45, 7) is 2.06. The van der Waals surface area contributed by atoms with Crippen molar-refractivity contribution < 1.29 is 19.0 Å². The molecule has 3 aromatic rings. The van der Waals surface area contributed by atoms with E-state index in [1.165, 1.54) is 0 Å². The van der Waals surface area contributed by atoms with E-state index in [4.69, 9.17) is 14.2 Å². The molecule has 2 heterocycles. The van der Waals surface area contributed by atoms with E-state index in [-0.39, 0.29) is 12.7 Å². The van der Waals surface area contributed by atoms with Gasteiger partial charge < -0.3 is 19.5 Å². The lowest BCUT2D eigenvalue weighted by molar-refractivity contribution is 0.102. The average Bonchev–Trinajstić information content (AvgIpc) is 3.28. The molecule has 1 aliphatic heterocycles. The van der Waals surface area contributed by atoms with Crippen LogP contribution in [0.4, 0.5) is 5.69 Å². The molecule has 0 unspecified atom stereocenters. The van der Waals surface area contributed by atoms with Crippen molar-refractivity contribution in [1.29, 1.82) is 0 Å². The fraction of sp³-hybridized carbons (Fsp3) is 0.158. The zero-order valence-corrected chi connectivity index (χ0v) is 14.3. The first-order valence-electron chi connectivity index (χ1n) is 8.06. The summed E-state index contributed by atoms with van der Waals surface area (Å²) in [4.78, 5) is 12.7. The normalized spacial score (nSPS) is 12.1. The fourth-order valence-electron chi connectivity index (χ4n) is 2.78. The molecule has 0 saturated carbocycles. The van der Waals surface area contributed by atoms with Crippen LogP contribution in [0, 0.1) is 6.92 Å². The SMILES string of the molecule is COc1cccc(C(=O)Nc2c(-c3ccc4c(c3)OCO4)n[nH]c2C)c1. The highest BCUT2D eigenvalue weighted by Gasteiger charge is 2.19. The second kappa shape index (κ2) is 6.44. The molecule has 2 N–H and O–H groups in total. The Kier molecular flexibility index (Phi) is 3.96. The number of benzene rings is 2. The zero-order chi connectivity index (χ0) is 18.1. The highest BCUT2D eigenvalue weighted by Crippen LogP contribution is 2.38. The summed E-state index contributed by atoms with van der Waals surface area (Å²) in [6, 6.07) is 12.5. The Morgan fingerprint density at radius 2 is 2.04 bits per heavy atom. The lowest BCUT2D eigenvalue weighted by Crippen LogP contribution is -2.13. The quantitative estimate of drug-likeness (QED) is 0.753. The van der Waals surface area contributed by atoms with Gasteiger partial charge in [0.2, 0.25) is 6.79 Å². The summed E-state index contributed by atoms with van der Waals surface area (Å²) in [5, 5.41) is 10.2. The summed E-state index contributed by atoms with van der Waals surface area (Å²) in [5.41, 5.74) is 3.34. The smallest absolute Gasteiger partial charge is 0.255 e.